The molecule has 0 aliphatic carbocycles. The standard InChI is InChI=1S/C28H28N2O4S.C28H28N2O3.C28H28N2O2.C22H24N2O2.C22H24N2/c1-29(2)21-5-9-23(10-6-21)33-25-13-17-27(18-14-25)35(31,32)28-19-15-26(16-20-28)34-24-11-7-22(8-12-24)30(3)4;1-29(2)21-5-9-23(10-6-21)31-25-13-17-27(18-14-25)33-28-19-15-26(16-20-28)32-24-11-7-22(8-12-24)30(3)4;1-29(2)23-9-17-27(18-10-23)31-25-13-5-21(6-14-25)22-7-15-26(16-8-22)32-28-19-11-24(12-20-28)30(3)4;1-23(2)17-5-9-19(10-6-17)25-21-13-15-22(16-14-21)26-20-11-7-18(8-12-20)24(3)4;1-23(2)21-13-9-19(10-14-21)17-5-7-18(8-6-17)20-11-15-22(16-12-20)24(3)4/h5-20H,1-4H3;5-20H,1-4H3;5-20H,1-4H3;5-16H,1-4H3;5-16H,1-4H3. The number of nitrogens with zero attached hydrogens (tertiary/aromatic N) is 10. The average molecular weight is 2020 g/mol. The number of benzene rings is 18. The smallest absolute Gasteiger partial charge is 0.206 e. The monoisotopic (exact) mass is 2020 g/mol. The van der Waals surface area contributed by atoms with Crippen molar-refractivity contribution < 1.29 is 51.0 Å². The molecule has 0 fully saturated rings. The predicted octanol–water partition coefficient (Wildman–Crippen LogP) is 31.1. The Morgan fingerprint density at radius 2 is 0.187 bits per heavy atom. The van der Waals surface area contributed by atoms with Gasteiger partial charge in [-0.2, -0.15) is 0 Å². The lowest BCUT2D eigenvalue weighted by atomic mass is 10.00. The molecular weight excluding hydrogens is 1890 g/mol. The summed E-state index contributed by atoms with van der Waals surface area (Å²) in [7, 11) is 36.7. The molecule has 0 heterocycles. The first-order valence-electron chi connectivity index (χ1n) is 49.1. The van der Waals surface area contributed by atoms with E-state index in [-0.39, 0.29) is 9.79 Å². The molecule has 0 unspecified atom stereocenters. The van der Waals surface area contributed by atoms with E-state index in [1.54, 1.807) is 48.5 Å². The Balaban J connectivity index is 0.000000149. The number of hydrogen-bond acceptors (Lipinski definition) is 21. The Bertz CT molecular complexity index is 6870. The van der Waals surface area contributed by atoms with Gasteiger partial charge in [-0.3, -0.25) is 0 Å². The first kappa shape index (κ1) is 108. The van der Waals surface area contributed by atoms with Crippen LogP contribution in [-0.2, 0) is 9.84 Å². The van der Waals surface area contributed by atoms with Crippen molar-refractivity contribution in [3.8, 4) is 137 Å². The average Bonchev–Trinajstić information content (AvgIpc) is 0.796. The van der Waals surface area contributed by atoms with Gasteiger partial charge in [-0.1, -0.05) is 72.8 Å². The van der Waals surface area contributed by atoms with Gasteiger partial charge in [-0.15, -0.1) is 0 Å². The first-order valence-corrected chi connectivity index (χ1v) is 50.6. The molecule has 0 atom stereocenters. The van der Waals surface area contributed by atoms with Gasteiger partial charge in [-0.05, 0) is 397 Å². The summed E-state index contributed by atoms with van der Waals surface area (Å²) >= 11 is 0. The summed E-state index contributed by atoms with van der Waals surface area (Å²) in [6, 6.07) is 141. The second kappa shape index (κ2) is 51.7. The molecule has 18 aromatic rings. The quantitative estimate of drug-likeness (QED) is 0.0383. The lowest BCUT2D eigenvalue weighted by Gasteiger charge is -2.14. The van der Waals surface area contributed by atoms with Gasteiger partial charge in [0, 0.05) is 198 Å². The zero-order valence-corrected chi connectivity index (χ0v) is 89.8. The van der Waals surface area contributed by atoms with E-state index in [0.717, 1.165) is 137 Å². The van der Waals surface area contributed by atoms with Crippen LogP contribution >= 0.6 is 0 Å². The van der Waals surface area contributed by atoms with Crippen molar-refractivity contribution in [1.82, 2.24) is 0 Å². The summed E-state index contributed by atoms with van der Waals surface area (Å²) in [4.78, 5) is 21.0. The van der Waals surface area contributed by atoms with Crippen molar-refractivity contribution in [2.45, 2.75) is 9.79 Å². The van der Waals surface area contributed by atoms with Crippen molar-refractivity contribution in [3.63, 3.8) is 0 Å². The molecule has 766 valence electrons. The highest BCUT2D eigenvalue weighted by Gasteiger charge is 2.20. The zero-order valence-electron chi connectivity index (χ0n) is 88.9. The summed E-state index contributed by atoms with van der Waals surface area (Å²) in [6.07, 6.45) is 0. The maximum Gasteiger partial charge on any atom is 0.206 e. The molecule has 0 saturated heterocycles. The lowest BCUT2D eigenvalue weighted by molar-refractivity contribution is 0.464. The van der Waals surface area contributed by atoms with Crippen LogP contribution in [0.2, 0.25) is 0 Å². The van der Waals surface area contributed by atoms with Crippen LogP contribution in [0.25, 0.3) is 33.4 Å². The minimum atomic E-state index is -3.67. The van der Waals surface area contributed by atoms with Crippen LogP contribution < -0.4 is 91.6 Å². The second-order valence-corrected chi connectivity index (χ2v) is 39.3. The van der Waals surface area contributed by atoms with E-state index in [1.165, 1.54) is 33.6 Å². The van der Waals surface area contributed by atoms with Crippen molar-refractivity contribution in [2.75, 3.05) is 190 Å². The molecule has 0 aliphatic heterocycles. The van der Waals surface area contributed by atoms with Gasteiger partial charge in [0.1, 0.15) is 103 Å². The van der Waals surface area contributed by atoms with Gasteiger partial charge >= 0.3 is 0 Å². The zero-order chi connectivity index (χ0) is 106. The third-order valence-corrected chi connectivity index (χ3v) is 25.8. The first-order chi connectivity index (χ1) is 72.2. The van der Waals surface area contributed by atoms with Gasteiger partial charge in [-0.25, -0.2) is 8.42 Å². The molecule has 0 aliphatic rings. The predicted molar refractivity (Wildman–Crippen MR) is 622 cm³/mol. The molecule has 18 aromatic carbocycles. The molecule has 21 nitrogen and oxygen atoms in total. The van der Waals surface area contributed by atoms with Crippen LogP contribution in [0, 0.1) is 0 Å². The van der Waals surface area contributed by atoms with Crippen molar-refractivity contribution >= 4 is 66.7 Å². The van der Waals surface area contributed by atoms with E-state index in [9.17, 15) is 8.42 Å². The maximum absolute atomic E-state index is 13.1. The third kappa shape index (κ3) is 31.6. The minimum absolute atomic E-state index is 0.195. The highest BCUT2D eigenvalue weighted by Crippen LogP contribution is 2.39. The van der Waals surface area contributed by atoms with Crippen molar-refractivity contribution in [3.05, 3.63) is 437 Å². The third-order valence-electron chi connectivity index (χ3n) is 24.0. The number of rotatable bonds is 33. The second-order valence-electron chi connectivity index (χ2n) is 37.4. The summed E-state index contributed by atoms with van der Waals surface area (Å²) < 4.78 is 79.4. The van der Waals surface area contributed by atoms with E-state index >= 15 is 0 Å². The Morgan fingerprint density at radius 3 is 0.293 bits per heavy atom. The molecule has 22 heteroatoms. The van der Waals surface area contributed by atoms with Crippen molar-refractivity contribution in [2.24, 2.45) is 0 Å². The number of anilines is 10. The normalized spacial score (nSPS) is 10.6. The van der Waals surface area contributed by atoms with Crippen LogP contribution in [0.5, 0.6) is 103 Å². The Morgan fingerprint density at radius 1 is 0.113 bits per heavy atom. The Labute approximate surface area is 885 Å². The van der Waals surface area contributed by atoms with Gasteiger partial charge in [0.05, 0.1) is 9.79 Å². The fourth-order valence-corrected chi connectivity index (χ4v) is 16.4. The topological polar surface area (TPSA) is 150 Å². The molecule has 0 spiro atoms. The summed E-state index contributed by atoms with van der Waals surface area (Å²) in [5.41, 5.74) is 18.6. The molecule has 0 N–H and O–H groups in total. The molecule has 0 saturated carbocycles. The van der Waals surface area contributed by atoms with Crippen LogP contribution in [0.4, 0.5) is 56.9 Å². The van der Waals surface area contributed by atoms with Crippen LogP contribution in [0.3, 0.4) is 0 Å². The molecule has 18 rings (SSSR count). The van der Waals surface area contributed by atoms with E-state index in [0.29, 0.717) is 23.0 Å². The molecule has 150 heavy (non-hydrogen) atoms. The van der Waals surface area contributed by atoms with Crippen molar-refractivity contribution in [1.29, 1.82) is 0 Å². The van der Waals surface area contributed by atoms with Gasteiger partial charge in [0.15, 0.2) is 0 Å². The van der Waals surface area contributed by atoms with E-state index in [2.05, 4.69) is 164 Å². The largest absolute Gasteiger partial charge is 0.457 e. The van der Waals surface area contributed by atoms with E-state index in [1.807, 2.05) is 414 Å². The summed E-state index contributed by atoms with van der Waals surface area (Å²) in [5.74, 6) is 13.5. The highest BCUT2D eigenvalue weighted by molar-refractivity contribution is 7.91. The van der Waals surface area contributed by atoms with E-state index < -0.39 is 9.84 Å². The van der Waals surface area contributed by atoms with Crippen LogP contribution in [-0.4, -0.2) is 149 Å². The fraction of sp³-hybridized carbons (Fsp3) is 0.156. The summed E-state index contributed by atoms with van der Waals surface area (Å²) in [6.45, 7) is 0. The Hall–Kier alpha value is -17.9. The molecule has 0 radical (unpaired) electrons. The molecule has 0 bridgehead atoms. The molecule has 0 aromatic heterocycles. The molecule has 0 amide bonds. The van der Waals surface area contributed by atoms with Gasteiger partial charge < -0.3 is 91.6 Å². The van der Waals surface area contributed by atoms with Gasteiger partial charge in [0.25, 0.3) is 0 Å². The number of hydrogen-bond donors (Lipinski definition) is 0. The number of ether oxygens (including phenoxy) is 9. The SMILES string of the molecule is CN(C)c1ccc(-c2ccc(-c3ccc(N(C)C)cc3)cc2)cc1.CN(C)c1ccc(Oc2ccc(-c3ccc(Oc4ccc(N(C)C)cc4)cc3)cc2)cc1.CN(C)c1ccc(Oc2ccc(Oc3ccc(N(C)C)cc3)cc2)cc1.CN(C)c1ccc(Oc2ccc(Oc3ccc(Oc4ccc(N(C)C)cc4)cc3)cc2)cc1.CN(C)c1ccc(Oc2ccc(S(=O)(=O)c3ccc(Oc4ccc(N(C)C)cc4)cc3)cc2)cc1. The Kier molecular flexibility index (Phi) is 37.2. The number of sulfone groups is 1. The van der Waals surface area contributed by atoms with Crippen LogP contribution in [0.1, 0.15) is 0 Å². The van der Waals surface area contributed by atoms with Gasteiger partial charge in [0.2, 0.25) is 9.84 Å². The lowest BCUT2D eigenvalue weighted by Crippen LogP contribution is -2.07. The molecular formula is C128H132N10O11S. The maximum atomic E-state index is 13.1. The van der Waals surface area contributed by atoms with E-state index in [4.69, 9.17) is 42.6 Å². The summed E-state index contributed by atoms with van der Waals surface area (Å²) in [5, 5.41) is 0. The minimum Gasteiger partial charge on any atom is -0.457 e. The highest BCUT2D eigenvalue weighted by atomic mass is 32.2. The van der Waals surface area contributed by atoms with Crippen LogP contribution in [0.15, 0.2) is 447 Å². The fourth-order valence-electron chi connectivity index (χ4n) is 15.2.